The normalized spacial score (nSPS) is 11.1. The summed E-state index contributed by atoms with van der Waals surface area (Å²) in [5.41, 5.74) is 5.37. The van der Waals surface area contributed by atoms with Crippen molar-refractivity contribution in [2.75, 3.05) is 6.54 Å². The molecule has 2 aromatic carbocycles. The first kappa shape index (κ1) is 19.0. The van der Waals surface area contributed by atoms with Gasteiger partial charge in [0.1, 0.15) is 0 Å². The minimum Gasteiger partial charge on any atom is -0.343 e. The van der Waals surface area contributed by atoms with Crippen LogP contribution < -0.4 is 10.7 Å². The molecule has 0 bridgehead atoms. The molecule has 0 aliphatic heterocycles. The van der Waals surface area contributed by atoms with Gasteiger partial charge < -0.3 is 5.32 Å². The highest BCUT2D eigenvalue weighted by molar-refractivity contribution is 6.36. The fourth-order valence-corrected chi connectivity index (χ4v) is 2.47. The van der Waals surface area contributed by atoms with E-state index in [4.69, 9.17) is 23.2 Å². The molecular formula is C18H17Cl2N3O2. The molecule has 130 valence electrons. The summed E-state index contributed by atoms with van der Waals surface area (Å²) in [5.74, 6) is -0.902. The van der Waals surface area contributed by atoms with E-state index in [1.807, 2.05) is 31.2 Å². The Morgan fingerprint density at radius 2 is 1.76 bits per heavy atom. The molecule has 0 heterocycles. The van der Waals surface area contributed by atoms with Gasteiger partial charge in [-0.1, -0.05) is 53.0 Å². The van der Waals surface area contributed by atoms with Crippen LogP contribution >= 0.6 is 23.2 Å². The third-order valence-corrected chi connectivity index (χ3v) is 3.95. The van der Waals surface area contributed by atoms with E-state index in [1.54, 1.807) is 13.0 Å². The summed E-state index contributed by atoms with van der Waals surface area (Å²) in [6.45, 7) is 3.56. The molecule has 25 heavy (non-hydrogen) atoms. The Morgan fingerprint density at radius 3 is 2.40 bits per heavy atom. The quantitative estimate of drug-likeness (QED) is 0.617. The van der Waals surface area contributed by atoms with Crippen molar-refractivity contribution in [2.24, 2.45) is 5.10 Å². The van der Waals surface area contributed by atoms with Crippen molar-refractivity contribution in [3.63, 3.8) is 0 Å². The van der Waals surface area contributed by atoms with Crippen LogP contribution in [0.5, 0.6) is 0 Å². The summed E-state index contributed by atoms with van der Waals surface area (Å²) in [6, 6.07) is 12.3. The number of benzene rings is 2. The van der Waals surface area contributed by atoms with Gasteiger partial charge in [-0.15, -0.1) is 0 Å². The van der Waals surface area contributed by atoms with Crippen LogP contribution in [-0.2, 0) is 4.79 Å². The summed E-state index contributed by atoms with van der Waals surface area (Å²) in [4.78, 5) is 23.8. The van der Waals surface area contributed by atoms with E-state index in [1.165, 1.54) is 12.1 Å². The van der Waals surface area contributed by atoms with Crippen LogP contribution in [0.15, 0.2) is 47.6 Å². The number of nitrogens with one attached hydrogen (secondary N) is 2. The summed E-state index contributed by atoms with van der Waals surface area (Å²) in [5, 5.41) is 7.16. The second-order valence-corrected chi connectivity index (χ2v) is 6.25. The average molecular weight is 378 g/mol. The van der Waals surface area contributed by atoms with Crippen LogP contribution in [0.2, 0.25) is 10.0 Å². The lowest BCUT2D eigenvalue weighted by atomic mass is 10.1. The third kappa shape index (κ3) is 5.59. The van der Waals surface area contributed by atoms with Crippen LogP contribution in [-0.4, -0.2) is 24.1 Å². The van der Waals surface area contributed by atoms with Gasteiger partial charge in [0.2, 0.25) is 0 Å². The van der Waals surface area contributed by atoms with Gasteiger partial charge in [0.25, 0.3) is 11.8 Å². The maximum atomic E-state index is 12.0. The van der Waals surface area contributed by atoms with Gasteiger partial charge in [-0.3, -0.25) is 9.59 Å². The monoisotopic (exact) mass is 377 g/mol. The number of hydrogen-bond acceptors (Lipinski definition) is 3. The molecular weight excluding hydrogens is 361 g/mol. The highest BCUT2D eigenvalue weighted by Crippen LogP contribution is 2.20. The van der Waals surface area contributed by atoms with Crippen molar-refractivity contribution in [1.29, 1.82) is 0 Å². The van der Waals surface area contributed by atoms with E-state index in [9.17, 15) is 9.59 Å². The highest BCUT2D eigenvalue weighted by Gasteiger charge is 2.12. The molecule has 0 saturated carbocycles. The molecule has 0 aliphatic rings. The first-order chi connectivity index (χ1) is 11.9. The molecule has 0 atom stereocenters. The first-order valence-corrected chi connectivity index (χ1v) is 8.26. The van der Waals surface area contributed by atoms with E-state index < -0.39 is 11.8 Å². The van der Waals surface area contributed by atoms with Gasteiger partial charge in [0.05, 0.1) is 22.8 Å². The molecule has 0 saturated heterocycles. The molecule has 2 N–H and O–H groups in total. The number of hydrogen-bond donors (Lipinski definition) is 2. The van der Waals surface area contributed by atoms with Gasteiger partial charge in [-0.2, -0.15) is 5.10 Å². The lowest BCUT2D eigenvalue weighted by Gasteiger charge is -2.07. The predicted octanol–water partition coefficient (Wildman–Crippen LogP) is 3.57. The summed E-state index contributed by atoms with van der Waals surface area (Å²) in [7, 11) is 0. The molecule has 0 unspecified atom stereocenters. The first-order valence-electron chi connectivity index (χ1n) is 7.50. The molecule has 2 amide bonds. The van der Waals surface area contributed by atoms with Crippen molar-refractivity contribution in [2.45, 2.75) is 13.8 Å². The number of carbonyl (C=O) groups is 2. The number of carbonyl (C=O) groups excluding carboxylic acids is 2. The second-order valence-electron chi connectivity index (χ2n) is 5.41. The van der Waals surface area contributed by atoms with Crippen molar-refractivity contribution in [3.8, 4) is 0 Å². The number of hydrazone groups is 1. The number of nitrogens with zero attached hydrogens (tertiary/aromatic N) is 1. The Labute approximate surface area is 156 Å². The lowest BCUT2D eigenvalue weighted by molar-refractivity contribution is -0.120. The Hall–Kier alpha value is -2.37. The Balaban J connectivity index is 1.88. The smallest absolute Gasteiger partial charge is 0.259 e. The number of amides is 2. The molecule has 2 rings (SSSR count). The van der Waals surface area contributed by atoms with Gasteiger partial charge in [0.15, 0.2) is 0 Å². The summed E-state index contributed by atoms with van der Waals surface area (Å²) < 4.78 is 0. The van der Waals surface area contributed by atoms with Crippen LogP contribution in [0.25, 0.3) is 0 Å². The van der Waals surface area contributed by atoms with Gasteiger partial charge in [0, 0.05) is 5.02 Å². The Kier molecular flexibility index (Phi) is 6.56. The minimum atomic E-state index is -0.462. The number of aryl methyl sites for hydroxylation is 1. The van der Waals surface area contributed by atoms with Crippen molar-refractivity contribution < 1.29 is 9.59 Å². The second kappa shape index (κ2) is 8.65. The van der Waals surface area contributed by atoms with E-state index in [0.29, 0.717) is 10.7 Å². The minimum absolute atomic E-state index is 0.220. The molecule has 2 aromatic rings. The molecule has 5 nitrogen and oxygen atoms in total. The van der Waals surface area contributed by atoms with Crippen molar-refractivity contribution >= 4 is 40.7 Å². The van der Waals surface area contributed by atoms with E-state index in [-0.39, 0.29) is 17.1 Å². The molecule has 0 aliphatic carbocycles. The highest BCUT2D eigenvalue weighted by atomic mass is 35.5. The van der Waals surface area contributed by atoms with Crippen molar-refractivity contribution in [3.05, 3.63) is 69.2 Å². The van der Waals surface area contributed by atoms with Gasteiger partial charge in [-0.25, -0.2) is 5.43 Å². The fraction of sp³-hybridized carbons (Fsp3) is 0.167. The Morgan fingerprint density at radius 1 is 1.08 bits per heavy atom. The SMILES string of the molecule is C/C(=N/NC(=O)CNC(=O)c1ccc(Cl)cc1Cl)c1ccc(C)cc1. The summed E-state index contributed by atoms with van der Waals surface area (Å²) in [6.07, 6.45) is 0. The van der Waals surface area contributed by atoms with Crippen molar-refractivity contribution in [1.82, 2.24) is 10.7 Å². The number of rotatable bonds is 5. The zero-order valence-electron chi connectivity index (χ0n) is 13.8. The molecule has 0 aromatic heterocycles. The molecule has 7 heteroatoms. The lowest BCUT2D eigenvalue weighted by Crippen LogP contribution is -2.35. The average Bonchev–Trinajstić information content (AvgIpc) is 2.58. The van der Waals surface area contributed by atoms with E-state index in [0.717, 1.165) is 11.1 Å². The molecule has 0 spiro atoms. The Bertz CT molecular complexity index is 818. The zero-order chi connectivity index (χ0) is 18.4. The largest absolute Gasteiger partial charge is 0.343 e. The topological polar surface area (TPSA) is 70.6 Å². The number of halogens is 2. The fourth-order valence-electron chi connectivity index (χ4n) is 1.97. The summed E-state index contributed by atoms with van der Waals surface area (Å²) >= 11 is 11.7. The van der Waals surface area contributed by atoms with Gasteiger partial charge in [-0.05, 0) is 37.6 Å². The standard InChI is InChI=1S/C18H17Cl2N3O2/c1-11-3-5-13(6-4-11)12(2)22-23-17(24)10-21-18(25)15-8-7-14(19)9-16(15)20/h3-9H,10H2,1-2H3,(H,21,25)(H,23,24)/b22-12-. The van der Waals surface area contributed by atoms with Crippen LogP contribution in [0.3, 0.4) is 0 Å². The van der Waals surface area contributed by atoms with Gasteiger partial charge >= 0.3 is 0 Å². The van der Waals surface area contributed by atoms with E-state index >= 15 is 0 Å². The van der Waals surface area contributed by atoms with Crippen LogP contribution in [0.1, 0.15) is 28.4 Å². The van der Waals surface area contributed by atoms with Crippen LogP contribution in [0.4, 0.5) is 0 Å². The third-order valence-electron chi connectivity index (χ3n) is 3.40. The maximum Gasteiger partial charge on any atom is 0.259 e. The predicted molar refractivity (Wildman–Crippen MR) is 100 cm³/mol. The molecule has 0 radical (unpaired) electrons. The van der Waals surface area contributed by atoms with E-state index in [2.05, 4.69) is 15.8 Å². The van der Waals surface area contributed by atoms with Crippen LogP contribution in [0, 0.1) is 6.92 Å². The maximum absolute atomic E-state index is 12.0. The zero-order valence-corrected chi connectivity index (χ0v) is 15.3. The molecule has 0 fully saturated rings.